The highest BCUT2D eigenvalue weighted by molar-refractivity contribution is 6.01. The molecule has 2 aromatic rings. The smallest absolute Gasteiger partial charge is 0.153 e. The number of rotatable bonds is 2. The largest absolute Gasteiger partial charge is 0.481 e. The Morgan fingerprint density at radius 3 is 2.80 bits per heavy atom. The van der Waals surface area contributed by atoms with Crippen LogP contribution in [0, 0.1) is 0 Å². The standard InChI is InChI=1S/C16H17N3O/c1-11-16(18-10-12-5-3-2-4-6-12)19-14-8-7-13(17)9-15(14)20-11/h2-9,11H,10,17H2,1H3,(H,18,19). The molecule has 1 aliphatic rings. The van der Waals surface area contributed by atoms with Gasteiger partial charge >= 0.3 is 0 Å². The van der Waals surface area contributed by atoms with Gasteiger partial charge in [0.2, 0.25) is 0 Å². The van der Waals surface area contributed by atoms with E-state index in [4.69, 9.17) is 10.5 Å². The van der Waals surface area contributed by atoms with Crippen LogP contribution >= 0.6 is 0 Å². The SMILES string of the molecule is CC1Oc2cc(N)ccc2NC1=NCc1ccccc1. The van der Waals surface area contributed by atoms with Crippen molar-refractivity contribution in [2.45, 2.75) is 19.6 Å². The van der Waals surface area contributed by atoms with E-state index in [0.717, 1.165) is 17.3 Å². The lowest BCUT2D eigenvalue weighted by Gasteiger charge is -2.26. The minimum atomic E-state index is -0.104. The molecule has 0 aliphatic carbocycles. The first-order valence-corrected chi connectivity index (χ1v) is 6.64. The molecule has 4 heteroatoms. The van der Waals surface area contributed by atoms with Crippen molar-refractivity contribution in [2.24, 2.45) is 4.99 Å². The minimum Gasteiger partial charge on any atom is -0.481 e. The van der Waals surface area contributed by atoms with Crippen LogP contribution in [0.4, 0.5) is 11.4 Å². The van der Waals surface area contributed by atoms with Crippen LogP contribution in [0.2, 0.25) is 0 Å². The fraction of sp³-hybridized carbons (Fsp3) is 0.188. The third-order valence-electron chi connectivity index (χ3n) is 3.23. The summed E-state index contributed by atoms with van der Waals surface area (Å²) in [4.78, 5) is 4.61. The number of anilines is 2. The molecule has 0 aromatic heterocycles. The van der Waals surface area contributed by atoms with Crippen LogP contribution in [0.1, 0.15) is 12.5 Å². The van der Waals surface area contributed by atoms with E-state index in [1.807, 2.05) is 43.3 Å². The van der Waals surface area contributed by atoms with Crippen LogP contribution in [0.3, 0.4) is 0 Å². The second kappa shape index (κ2) is 5.25. The van der Waals surface area contributed by atoms with Gasteiger partial charge < -0.3 is 15.8 Å². The minimum absolute atomic E-state index is 0.104. The van der Waals surface area contributed by atoms with E-state index in [9.17, 15) is 0 Å². The maximum atomic E-state index is 5.84. The summed E-state index contributed by atoms with van der Waals surface area (Å²) >= 11 is 0. The fourth-order valence-electron chi connectivity index (χ4n) is 2.15. The predicted molar refractivity (Wildman–Crippen MR) is 82.1 cm³/mol. The lowest BCUT2D eigenvalue weighted by molar-refractivity contribution is 0.282. The van der Waals surface area contributed by atoms with Gasteiger partial charge in [0.15, 0.2) is 6.10 Å². The third-order valence-corrected chi connectivity index (χ3v) is 3.23. The molecule has 2 aromatic carbocycles. The Labute approximate surface area is 118 Å². The van der Waals surface area contributed by atoms with Gasteiger partial charge in [0, 0.05) is 11.8 Å². The van der Waals surface area contributed by atoms with Crippen LogP contribution in [0.15, 0.2) is 53.5 Å². The maximum absolute atomic E-state index is 5.84. The van der Waals surface area contributed by atoms with E-state index in [0.29, 0.717) is 12.2 Å². The van der Waals surface area contributed by atoms with E-state index in [1.54, 1.807) is 0 Å². The number of hydrogen-bond acceptors (Lipinski definition) is 3. The molecule has 0 amide bonds. The van der Waals surface area contributed by atoms with Crippen molar-refractivity contribution in [3.63, 3.8) is 0 Å². The van der Waals surface area contributed by atoms with Crippen molar-refractivity contribution in [1.29, 1.82) is 0 Å². The molecule has 1 atom stereocenters. The first kappa shape index (κ1) is 12.5. The zero-order valence-corrected chi connectivity index (χ0v) is 11.3. The molecule has 0 radical (unpaired) electrons. The number of hydrogen-bond donors (Lipinski definition) is 2. The summed E-state index contributed by atoms with van der Waals surface area (Å²) in [5, 5.41) is 3.31. The summed E-state index contributed by atoms with van der Waals surface area (Å²) in [6, 6.07) is 15.7. The molecule has 0 bridgehead atoms. The third kappa shape index (κ3) is 2.59. The van der Waals surface area contributed by atoms with Gasteiger partial charge in [-0.1, -0.05) is 30.3 Å². The van der Waals surface area contributed by atoms with Crippen molar-refractivity contribution >= 4 is 17.2 Å². The van der Waals surface area contributed by atoms with Gasteiger partial charge in [-0.05, 0) is 24.6 Å². The average molecular weight is 267 g/mol. The molecule has 0 spiro atoms. The Morgan fingerprint density at radius 2 is 2.00 bits per heavy atom. The summed E-state index contributed by atoms with van der Waals surface area (Å²) in [6.45, 7) is 2.62. The summed E-state index contributed by atoms with van der Waals surface area (Å²) in [7, 11) is 0. The molecule has 0 saturated carbocycles. The molecular weight excluding hydrogens is 250 g/mol. The van der Waals surface area contributed by atoms with Gasteiger partial charge in [0.25, 0.3) is 0 Å². The Bertz CT molecular complexity index is 637. The first-order chi connectivity index (χ1) is 9.72. The van der Waals surface area contributed by atoms with Crippen LogP contribution < -0.4 is 15.8 Å². The lowest BCUT2D eigenvalue weighted by Crippen LogP contribution is -2.34. The molecule has 3 N–H and O–H groups in total. The molecular formula is C16H17N3O. The highest BCUT2D eigenvalue weighted by Gasteiger charge is 2.21. The molecule has 1 unspecified atom stereocenters. The van der Waals surface area contributed by atoms with Gasteiger partial charge in [-0.3, -0.25) is 4.99 Å². The summed E-state index contributed by atoms with van der Waals surface area (Å²) in [6.07, 6.45) is -0.104. The predicted octanol–water partition coefficient (Wildman–Crippen LogP) is 3.06. The number of nitrogens with zero attached hydrogens (tertiary/aromatic N) is 1. The molecule has 20 heavy (non-hydrogen) atoms. The van der Waals surface area contributed by atoms with E-state index < -0.39 is 0 Å². The molecule has 0 fully saturated rings. The Morgan fingerprint density at radius 1 is 1.20 bits per heavy atom. The average Bonchev–Trinajstić information content (AvgIpc) is 2.46. The Balaban J connectivity index is 1.80. The second-order valence-corrected chi connectivity index (χ2v) is 4.83. The highest BCUT2D eigenvalue weighted by atomic mass is 16.5. The van der Waals surface area contributed by atoms with Crippen molar-refractivity contribution in [3.8, 4) is 5.75 Å². The normalized spacial score (nSPS) is 19.1. The Kier molecular flexibility index (Phi) is 3.29. The first-order valence-electron chi connectivity index (χ1n) is 6.64. The van der Waals surface area contributed by atoms with Crippen LogP contribution in [0.25, 0.3) is 0 Å². The van der Waals surface area contributed by atoms with E-state index in [1.165, 1.54) is 5.56 Å². The van der Waals surface area contributed by atoms with Crippen LogP contribution in [-0.4, -0.2) is 11.9 Å². The number of ether oxygens (including phenoxy) is 1. The molecule has 4 nitrogen and oxygen atoms in total. The number of nitrogens with one attached hydrogen (secondary N) is 1. The number of amidine groups is 1. The van der Waals surface area contributed by atoms with Crippen LogP contribution in [0.5, 0.6) is 5.75 Å². The van der Waals surface area contributed by atoms with Crippen molar-refractivity contribution in [2.75, 3.05) is 11.1 Å². The topological polar surface area (TPSA) is 59.6 Å². The lowest BCUT2D eigenvalue weighted by atomic mass is 10.2. The zero-order valence-electron chi connectivity index (χ0n) is 11.3. The number of nitrogens with two attached hydrogens (primary N) is 1. The number of aliphatic imine (C=N–C) groups is 1. The fourth-order valence-corrected chi connectivity index (χ4v) is 2.15. The number of fused-ring (bicyclic) bond motifs is 1. The Hall–Kier alpha value is -2.49. The van der Waals surface area contributed by atoms with Gasteiger partial charge in [-0.25, -0.2) is 0 Å². The van der Waals surface area contributed by atoms with E-state index >= 15 is 0 Å². The summed E-state index contributed by atoms with van der Waals surface area (Å²) in [5.74, 6) is 1.61. The molecule has 1 heterocycles. The van der Waals surface area contributed by atoms with Gasteiger partial charge in [-0.15, -0.1) is 0 Å². The van der Waals surface area contributed by atoms with E-state index in [-0.39, 0.29) is 6.10 Å². The highest BCUT2D eigenvalue weighted by Crippen LogP contribution is 2.31. The second-order valence-electron chi connectivity index (χ2n) is 4.83. The van der Waals surface area contributed by atoms with Crippen LogP contribution in [-0.2, 0) is 6.54 Å². The zero-order chi connectivity index (χ0) is 13.9. The van der Waals surface area contributed by atoms with Gasteiger partial charge in [-0.2, -0.15) is 0 Å². The van der Waals surface area contributed by atoms with Gasteiger partial charge in [0.05, 0.1) is 12.2 Å². The maximum Gasteiger partial charge on any atom is 0.153 e. The number of benzene rings is 2. The van der Waals surface area contributed by atoms with E-state index in [2.05, 4.69) is 22.4 Å². The number of nitrogen functional groups attached to an aromatic ring is 1. The van der Waals surface area contributed by atoms with Crippen molar-refractivity contribution < 1.29 is 4.74 Å². The summed E-state index contributed by atoms with van der Waals surface area (Å²) in [5.41, 5.74) is 8.54. The molecule has 102 valence electrons. The molecule has 0 saturated heterocycles. The van der Waals surface area contributed by atoms with Crippen molar-refractivity contribution in [3.05, 3.63) is 54.1 Å². The van der Waals surface area contributed by atoms with Gasteiger partial charge in [0.1, 0.15) is 11.6 Å². The molecule has 1 aliphatic heterocycles. The monoisotopic (exact) mass is 267 g/mol. The van der Waals surface area contributed by atoms with Crippen molar-refractivity contribution in [1.82, 2.24) is 0 Å². The quantitative estimate of drug-likeness (QED) is 0.822. The molecule has 3 rings (SSSR count). The summed E-state index contributed by atoms with van der Waals surface area (Å²) < 4.78 is 5.84.